The molecule has 10 heteroatoms. The highest BCUT2D eigenvalue weighted by atomic mass is 19.4. The minimum absolute atomic E-state index is 0.234. The highest BCUT2D eigenvalue weighted by Gasteiger charge is 2.40. The van der Waals surface area contributed by atoms with Gasteiger partial charge in [-0.15, -0.1) is 0 Å². The number of aliphatic hydroxyl groups excluding tert-OH is 1. The third kappa shape index (κ3) is 3.81. The molecule has 1 aromatic carbocycles. The Bertz CT molecular complexity index is 562. The van der Waals surface area contributed by atoms with E-state index in [0.29, 0.717) is 4.90 Å². The van der Waals surface area contributed by atoms with E-state index >= 15 is 0 Å². The van der Waals surface area contributed by atoms with Crippen LogP contribution in [0, 0.1) is 10.1 Å². The molecule has 0 radical (unpaired) electrons. The van der Waals surface area contributed by atoms with Crippen molar-refractivity contribution in [1.29, 1.82) is 0 Å². The molecule has 0 aliphatic heterocycles. The number of amides is 1. The number of aliphatic hydroxyl groups is 1. The van der Waals surface area contributed by atoms with Crippen molar-refractivity contribution in [3.8, 4) is 0 Å². The summed E-state index contributed by atoms with van der Waals surface area (Å²) in [5.41, 5.74) is 4.11. The second-order valence-electron chi connectivity index (χ2n) is 4.24. The number of hydrogen-bond acceptors (Lipinski definition) is 5. The summed E-state index contributed by atoms with van der Waals surface area (Å²) in [4.78, 5) is 22.5. The summed E-state index contributed by atoms with van der Waals surface area (Å²) < 4.78 is 36.7. The van der Waals surface area contributed by atoms with Gasteiger partial charge in [-0.2, -0.15) is 13.2 Å². The van der Waals surface area contributed by atoms with Crippen LogP contribution in [0.3, 0.4) is 0 Å². The molecule has 0 aliphatic carbocycles. The molecule has 0 aliphatic rings. The molecule has 1 atom stereocenters. The fourth-order valence-electron chi connectivity index (χ4n) is 1.58. The Morgan fingerprint density at radius 3 is 2.57 bits per heavy atom. The van der Waals surface area contributed by atoms with Gasteiger partial charge in [0.15, 0.2) is 6.10 Å². The number of nitrogen functional groups attached to an aromatic ring is 1. The monoisotopic (exact) mass is 307 g/mol. The lowest BCUT2D eigenvalue weighted by Gasteiger charge is -2.22. The summed E-state index contributed by atoms with van der Waals surface area (Å²) >= 11 is 0. The quantitative estimate of drug-likeness (QED) is 0.493. The van der Waals surface area contributed by atoms with Gasteiger partial charge in [-0.1, -0.05) is 6.07 Å². The van der Waals surface area contributed by atoms with Crippen molar-refractivity contribution in [2.75, 3.05) is 19.3 Å². The van der Waals surface area contributed by atoms with Crippen LogP contribution < -0.4 is 5.73 Å². The first-order valence-corrected chi connectivity index (χ1v) is 5.58. The number of carbonyl (C=O) groups excluding carboxylic acids is 1. The number of likely N-dealkylation sites (N-methyl/N-ethyl adjacent to an activating group) is 1. The van der Waals surface area contributed by atoms with Crippen molar-refractivity contribution < 1.29 is 28.0 Å². The standard InChI is InChI=1S/C11H12F3N3O4/c1-16(5-8(18)11(12,13)14)10(19)9-6(15)3-2-4-7(9)17(20)21/h2-4,8,18H,5,15H2,1H3. The van der Waals surface area contributed by atoms with Crippen LogP contribution in [0.25, 0.3) is 0 Å². The van der Waals surface area contributed by atoms with Crippen LogP contribution in [0.2, 0.25) is 0 Å². The van der Waals surface area contributed by atoms with Gasteiger partial charge in [0.25, 0.3) is 11.6 Å². The topological polar surface area (TPSA) is 110 Å². The van der Waals surface area contributed by atoms with E-state index in [4.69, 9.17) is 10.8 Å². The third-order valence-corrected chi connectivity index (χ3v) is 2.66. The zero-order valence-corrected chi connectivity index (χ0v) is 10.8. The Morgan fingerprint density at radius 1 is 1.52 bits per heavy atom. The Labute approximate surface area is 116 Å². The fourth-order valence-corrected chi connectivity index (χ4v) is 1.58. The number of nitro benzene ring substituents is 1. The number of nitrogens with zero attached hydrogens (tertiary/aromatic N) is 2. The predicted molar refractivity (Wildman–Crippen MR) is 66.5 cm³/mol. The Balaban J connectivity index is 3.07. The summed E-state index contributed by atoms with van der Waals surface area (Å²) in [7, 11) is 0.980. The summed E-state index contributed by atoms with van der Waals surface area (Å²) in [6, 6.07) is 3.47. The second-order valence-corrected chi connectivity index (χ2v) is 4.24. The number of benzene rings is 1. The maximum absolute atomic E-state index is 12.2. The van der Waals surface area contributed by atoms with Crippen molar-refractivity contribution in [1.82, 2.24) is 4.90 Å². The first kappa shape index (κ1) is 16.7. The van der Waals surface area contributed by atoms with E-state index in [1.54, 1.807) is 0 Å². The van der Waals surface area contributed by atoms with Crippen LogP contribution >= 0.6 is 0 Å². The van der Waals surface area contributed by atoms with Crippen molar-refractivity contribution in [2.24, 2.45) is 0 Å². The lowest BCUT2D eigenvalue weighted by Crippen LogP contribution is -2.42. The van der Waals surface area contributed by atoms with E-state index in [0.717, 1.165) is 13.1 Å². The summed E-state index contributed by atoms with van der Waals surface area (Å²) in [6.07, 6.45) is -7.65. The number of anilines is 1. The molecule has 1 aromatic rings. The Hall–Kier alpha value is -2.36. The van der Waals surface area contributed by atoms with Gasteiger partial charge < -0.3 is 15.7 Å². The summed E-state index contributed by atoms with van der Waals surface area (Å²) in [5, 5.41) is 19.7. The molecule has 0 saturated carbocycles. The number of halogens is 3. The molecule has 0 saturated heterocycles. The predicted octanol–water partition coefficient (Wildman–Crippen LogP) is 1.17. The molecule has 0 heterocycles. The van der Waals surface area contributed by atoms with Crippen molar-refractivity contribution in [3.05, 3.63) is 33.9 Å². The largest absolute Gasteiger partial charge is 0.416 e. The van der Waals surface area contributed by atoms with Crippen LogP contribution in [0.1, 0.15) is 10.4 Å². The molecule has 3 N–H and O–H groups in total. The molecule has 1 unspecified atom stereocenters. The van der Waals surface area contributed by atoms with Gasteiger partial charge in [-0.3, -0.25) is 14.9 Å². The average Bonchev–Trinajstić information content (AvgIpc) is 2.36. The summed E-state index contributed by atoms with van der Waals surface area (Å²) in [6.45, 7) is -1.06. The molecular weight excluding hydrogens is 295 g/mol. The highest BCUT2D eigenvalue weighted by Crippen LogP contribution is 2.26. The molecule has 0 bridgehead atoms. The zero-order chi connectivity index (χ0) is 16.4. The number of rotatable bonds is 4. The van der Waals surface area contributed by atoms with Gasteiger partial charge in [-0.05, 0) is 6.07 Å². The van der Waals surface area contributed by atoms with Gasteiger partial charge >= 0.3 is 6.18 Å². The minimum atomic E-state index is -4.90. The third-order valence-electron chi connectivity index (χ3n) is 2.66. The fraction of sp³-hybridized carbons (Fsp3) is 0.364. The van der Waals surface area contributed by atoms with E-state index in [2.05, 4.69) is 0 Å². The average molecular weight is 307 g/mol. The molecule has 116 valence electrons. The van der Waals surface area contributed by atoms with Gasteiger partial charge in [0.1, 0.15) is 5.56 Å². The Morgan fingerprint density at radius 2 is 2.10 bits per heavy atom. The number of nitro groups is 1. The zero-order valence-electron chi connectivity index (χ0n) is 10.8. The SMILES string of the molecule is CN(CC(O)C(F)(F)F)C(=O)c1c(N)cccc1[N+](=O)[O-]. The van der Waals surface area contributed by atoms with Gasteiger partial charge in [0.2, 0.25) is 0 Å². The normalized spacial score (nSPS) is 12.8. The van der Waals surface area contributed by atoms with Crippen LogP contribution in [0.5, 0.6) is 0 Å². The maximum atomic E-state index is 12.2. The minimum Gasteiger partial charge on any atom is -0.398 e. The molecule has 0 aromatic heterocycles. The van der Waals surface area contributed by atoms with Crippen molar-refractivity contribution in [3.63, 3.8) is 0 Å². The molecule has 7 nitrogen and oxygen atoms in total. The van der Waals surface area contributed by atoms with Crippen LogP contribution in [-0.4, -0.2) is 46.7 Å². The van der Waals surface area contributed by atoms with E-state index < -0.39 is 40.9 Å². The number of alkyl halides is 3. The van der Waals surface area contributed by atoms with Crippen LogP contribution in [0.15, 0.2) is 18.2 Å². The summed E-state index contributed by atoms with van der Waals surface area (Å²) in [5.74, 6) is -1.08. The molecule has 1 amide bonds. The van der Waals surface area contributed by atoms with E-state index in [1.165, 1.54) is 12.1 Å². The lowest BCUT2D eigenvalue weighted by molar-refractivity contribution is -0.385. The van der Waals surface area contributed by atoms with Gasteiger partial charge in [0, 0.05) is 13.1 Å². The second kappa shape index (κ2) is 5.95. The number of hydrogen-bond donors (Lipinski definition) is 2. The van der Waals surface area contributed by atoms with Gasteiger partial charge in [0.05, 0.1) is 17.2 Å². The molecule has 21 heavy (non-hydrogen) atoms. The molecule has 0 fully saturated rings. The van der Waals surface area contributed by atoms with Gasteiger partial charge in [-0.25, -0.2) is 0 Å². The van der Waals surface area contributed by atoms with E-state index in [9.17, 15) is 28.1 Å². The number of carbonyl (C=O) groups is 1. The van der Waals surface area contributed by atoms with Crippen LogP contribution in [0.4, 0.5) is 24.5 Å². The maximum Gasteiger partial charge on any atom is 0.416 e. The van der Waals surface area contributed by atoms with Crippen LogP contribution in [-0.2, 0) is 0 Å². The highest BCUT2D eigenvalue weighted by molar-refractivity contribution is 6.02. The first-order valence-electron chi connectivity index (χ1n) is 5.58. The molecular formula is C11H12F3N3O4. The van der Waals surface area contributed by atoms with Crippen molar-refractivity contribution >= 4 is 17.3 Å². The van der Waals surface area contributed by atoms with E-state index in [-0.39, 0.29) is 5.69 Å². The smallest absolute Gasteiger partial charge is 0.398 e. The lowest BCUT2D eigenvalue weighted by atomic mass is 10.1. The molecule has 1 rings (SSSR count). The first-order chi connectivity index (χ1) is 9.55. The molecule has 0 spiro atoms. The van der Waals surface area contributed by atoms with Crippen molar-refractivity contribution in [2.45, 2.75) is 12.3 Å². The van der Waals surface area contributed by atoms with E-state index in [1.807, 2.05) is 0 Å². The Kier molecular flexibility index (Phi) is 4.73. The number of nitrogens with two attached hydrogens (primary N) is 1.